The fourth-order valence-electron chi connectivity index (χ4n) is 3.00. The van der Waals surface area contributed by atoms with E-state index in [1.807, 2.05) is 6.07 Å². The maximum Gasteiger partial charge on any atom is 0.337 e. The molecule has 1 N–H and O–H groups in total. The lowest BCUT2D eigenvalue weighted by atomic mass is 10.1. The Bertz CT molecular complexity index is 657. The largest absolute Gasteiger partial charge is 0.478 e. The van der Waals surface area contributed by atoms with Crippen LogP contribution in [-0.2, 0) is 17.7 Å². The number of para-hydroxylation sites is 1. The summed E-state index contributed by atoms with van der Waals surface area (Å²) in [5, 5.41) is 9.44. The molecular formula is C16H20N2O3. The predicted octanol–water partition coefficient (Wildman–Crippen LogP) is 2.72. The predicted molar refractivity (Wildman–Crippen MR) is 79.6 cm³/mol. The summed E-state index contributed by atoms with van der Waals surface area (Å²) in [6.45, 7) is 4.45. The van der Waals surface area contributed by atoms with Crippen LogP contribution in [0.1, 0.15) is 35.9 Å². The van der Waals surface area contributed by atoms with Gasteiger partial charge in [0.05, 0.1) is 23.2 Å². The normalized spacial score (nSPS) is 18.4. The molecule has 0 radical (unpaired) electrons. The molecule has 1 unspecified atom stereocenters. The molecule has 0 saturated carbocycles. The third kappa shape index (κ3) is 2.65. The summed E-state index contributed by atoms with van der Waals surface area (Å²) in [4.78, 5) is 16.2. The molecule has 1 atom stereocenters. The number of imidazole rings is 1. The summed E-state index contributed by atoms with van der Waals surface area (Å²) in [7, 11) is 0. The number of hydrogen-bond acceptors (Lipinski definition) is 3. The summed E-state index contributed by atoms with van der Waals surface area (Å²) in [5.74, 6) is 0.528. The zero-order chi connectivity index (χ0) is 14.8. The first-order valence-corrected chi connectivity index (χ1v) is 7.50. The molecule has 1 saturated heterocycles. The standard InChI is InChI=1S/C16H20N2O3/c1-2-4-14-17-13-6-3-5-12(16(19)20)15(13)18(14)9-11-7-8-21-10-11/h3,5-6,11H,2,4,7-10H2,1H3,(H,19,20). The number of nitrogens with zero attached hydrogens (tertiary/aromatic N) is 2. The molecular weight excluding hydrogens is 268 g/mol. The second-order valence-corrected chi connectivity index (χ2v) is 5.60. The SMILES string of the molecule is CCCc1nc2cccc(C(=O)O)c2n1CC1CCOC1. The Balaban J connectivity index is 2.11. The number of rotatable bonds is 5. The first-order chi connectivity index (χ1) is 10.2. The van der Waals surface area contributed by atoms with E-state index in [-0.39, 0.29) is 0 Å². The number of carbonyl (C=O) groups is 1. The average molecular weight is 288 g/mol. The van der Waals surface area contributed by atoms with E-state index >= 15 is 0 Å². The van der Waals surface area contributed by atoms with E-state index in [9.17, 15) is 9.90 Å². The van der Waals surface area contributed by atoms with E-state index in [2.05, 4.69) is 16.5 Å². The van der Waals surface area contributed by atoms with Crippen LogP contribution in [0.3, 0.4) is 0 Å². The van der Waals surface area contributed by atoms with Crippen molar-refractivity contribution in [1.29, 1.82) is 0 Å². The van der Waals surface area contributed by atoms with Crippen molar-refractivity contribution in [3.63, 3.8) is 0 Å². The van der Waals surface area contributed by atoms with Crippen LogP contribution < -0.4 is 0 Å². The number of aromatic carboxylic acids is 1. The average Bonchev–Trinajstić information content (AvgIpc) is 3.08. The monoisotopic (exact) mass is 288 g/mol. The molecule has 0 amide bonds. The zero-order valence-electron chi connectivity index (χ0n) is 12.2. The van der Waals surface area contributed by atoms with Gasteiger partial charge in [-0.2, -0.15) is 0 Å². The van der Waals surface area contributed by atoms with Crippen molar-refractivity contribution in [1.82, 2.24) is 9.55 Å². The fraction of sp³-hybridized carbons (Fsp3) is 0.500. The zero-order valence-corrected chi connectivity index (χ0v) is 12.2. The molecule has 5 heteroatoms. The van der Waals surface area contributed by atoms with E-state index in [4.69, 9.17) is 4.74 Å². The van der Waals surface area contributed by atoms with Gasteiger partial charge in [-0.1, -0.05) is 13.0 Å². The molecule has 2 heterocycles. The molecule has 112 valence electrons. The Hall–Kier alpha value is -1.88. The third-order valence-corrected chi connectivity index (χ3v) is 4.01. The van der Waals surface area contributed by atoms with E-state index in [0.717, 1.165) is 55.9 Å². The molecule has 1 aromatic heterocycles. The molecule has 5 nitrogen and oxygen atoms in total. The van der Waals surface area contributed by atoms with Crippen molar-refractivity contribution in [2.75, 3.05) is 13.2 Å². The van der Waals surface area contributed by atoms with E-state index in [0.29, 0.717) is 11.5 Å². The van der Waals surface area contributed by atoms with E-state index in [1.165, 1.54) is 0 Å². The minimum Gasteiger partial charge on any atom is -0.478 e. The van der Waals surface area contributed by atoms with Crippen molar-refractivity contribution in [2.24, 2.45) is 5.92 Å². The van der Waals surface area contributed by atoms with Gasteiger partial charge in [-0.15, -0.1) is 0 Å². The lowest BCUT2D eigenvalue weighted by Crippen LogP contribution is -2.14. The molecule has 1 aliphatic heterocycles. The molecule has 3 rings (SSSR count). The van der Waals surface area contributed by atoms with Gasteiger partial charge >= 0.3 is 5.97 Å². The molecule has 1 fully saturated rings. The minimum atomic E-state index is -0.896. The number of benzene rings is 1. The maximum atomic E-state index is 11.5. The Morgan fingerprint density at radius 1 is 1.52 bits per heavy atom. The highest BCUT2D eigenvalue weighted by Gasteiger charge is 2.22. The summed E-state index contributed by atoms with van der Waals surface area (Å²) < 4.78 is 7.54. The van der Waals surface area contributed by atoms with Gasteiger partial charge in [0.2, 0.25) is 0 Å². The van der Waals surface area contributed by atoms with E-state index in [1.54, 1.807) is 12.1 Å². The number of aromatic nitrogens is 2. The lowest BCUT2D eigenvalue weighted by molar-refractivity contribution is 0.0698. The van der Waals surface area contributed by atoms with Gasteiger partial charge in [0.1, 0.15) is 5.82 Å². The van der Waals surface area contributed by atoms with Gasteiger partial charge in [-0.3, -0.25) is 0 Å². The molecule has 2 aromatic rings. The van der Waals surface area contributed by atoms with Gasteiger partial charge in [0, 0.05) is 25.5 Å². The second kappa shape index (κ2) is 5.85. The Labute approximate surface area is 123 Å². The van der Waals surface area contributed by atoms with Crippen LogP contribution in [0.25, 0.3) is 11.0 Å². The first-order valence-electron chi connectivity index (χ1n) is 7.50. The van der Waals surface area contributed by atoms with Crippen LogP contribution in [0.4, 0.5) is 0 Å². The number of carboxylic acids is 1. The molecule has 0 bridgehead atoms. The topological polar surface area (TPSA) is 64.3 Å². The van der Waals surface area contributed by atoms with E-state index < -0.39 is 5.97 Å². The lowest BCUT2D eigenvalue weighted by Gasteiger charge is -2.14. The molecule has 1 aliphatic rings. The smallest absolute Gasteiger partial charge is 0.337 e. The van der Waals surface area contributed by atoms with Crippen molar-refractivity contribution in [3.05, 3.63) is 29.6 Å². The minimum absolute atomic E-state index is 0.335. The van der Waals surface area contributed by atoms with Gasteiger partial charge in [0.25, 0.3) is 0 Å². The van der Waals surface area contributed by atoms with Gasteiger partial charge in [0.15, 0.2) is 0 Å². The Morgan fingerprint density at radius 3 is 3.05 bits per heavy atom. The van der Waals surface area contributed by atoms with Crippen LogP contribution in [-0.4, -0.2) is 33.8 Å². The highest BCUT2D eigenvalue weighted by atomic mass is 16.5. The van der Waals surface area contributed by atoms with Crippen LogP contribution in [0.5, 0.6) is 0 Å². The van der Waals surface area contributed by atoms with Crippen LogP contribution in [0, 0.1) is 5.92 Å². The first kappa shape index (κ1) is 14.1. The molecule has 1 aromatic carbocycles. The fourth-order valence-corrected chi connectivity index (χ4v) is 3.00. The highest BCUT2D eigenvalue weighted by Crippen LogP contribution is 2.25. The van der Waals surface area contributed by atoms with Crippen LogP contribution >= 0.6 is 0 Å². The Morgan fingerprint density at radius 2 is 2.38 bits per heavy atom. The van der Waals surface area contributed by atoms with Crippen molar-refractivity contribution in [3.8, 4) is 0 Å². The van der Waals surface area contributed by atoms with Crippen molar-refractivity contribution in [2.45, 2.75) is 32.7 Å². The van der Waals surface area contributed by atoms with Crippen LogP contribution in [0.15, 0.2) is 18.2 Å². The molecule has 21 heavy (non-hydrogen) atoms. The number of ether oxygens (including phenoxy) is 1. The van der Waals surface area contributed by atoms with Crippen molar-refractivity contribution >= 4 is 17.0 Å². The number of hydrogen-bond donors (Lipinski definition) is 1. The number of aryl methyl sites for hydroxylation is 1. The second-order valence-electron chi connectivity index (χ2n) is 5.60. The Kier molecular flexibility index (Phi) is 3.92. The maximum absolute atomic E-state index is 11.5. The molecule has 0 aliphatic carbocycles. The quantitative estimate of drug-likeness (QED) is 0.918. The summed E-state index contributed by atoms with van der Waals surface area (Å²) in [5.41, 5.74) is 1.86. The number of fused-ring (bicyclic) bond motifs is 1. The summed E-state index contributed by atoms with van der Waals surface area (Å²) in [6.07, 6.45) is 2.88. The molecule has 0 spiro atoms. The summed E-state index contributed by atoms with van der Waals surface area (Å²) in [6, 6.07) is 5.31. The van der Waals surface area contributed by atoms with Crippen LogP contribution in [0.2, 0.25) is 0 Å². The van der Waals surface area contributed by atoms with Crippen molar-refractivity contribution < 1.29 is 14.6 Å². The van der Waals surface area contributed by atoms with Gasteiger partial charge in [-0.25, -0.2) is 9.78 Å². The number of carboxylic acid groups (broad SMARTS) is 1. The third-order valence-electron chi connectivity index (χ3n) is 4.01. The van der Waals surface area contributed by atoms with Gasteiger partial charge in [-0.05, 0) is 25.0 Å². The summed E-state index contributed by atoms with van der Waals surface area (Å²) >= 11 is 0. The highest BCUT2D eigenvalue weighted by molar-refractivity contribution is 6.01. The van der Waals surface area contributed by atoms with Gasteiger partial charge < -0.3 is 14.4 Å².